The molecule has 0 radical (unpaired) electrons. The van der Waals surface area contributed by atoms with Gasteiger partial charge in [0.25, 0.3) is 5.91 Å². The van der Waals surface area contributed by atoms with Gasteiger partial charge >= 0.3 is 5.97 Å². The molecule has 3 rings (SSSR count). The Morgan fingerprint density at radius 1 is 1.10 bits per heavy atom. The van der Waals surface area contributed by atoms with Crippen LogP contribution in [0.3, 0.4) is 0 Å². The zero-order valence-electron chi connectivity index (χ0n) is 15.5. The third kappa shape index (κ3) is 4.75. The van der Waals surface area contributed by atoms with Crippen LogP contribution in [0, 0.1) is 0 Å². The molecule has 0 bridgehead atoms. The topological polar surface area (TPSA) is 144 Å². The standard InChI is InChI=1S/C19H19N7O3/c1-2-29-19(28)13-7-3-4-8-14(13)24-16-15(20)17(23-11-22-16)25-26-18(27)12-6-5-9-21-10-12/h3-11H,2,20H2,1H3,(H,26,27)(H2,22,23,24,25). The first-order valence-corrected chi connectivity index (χ1v) is 8.70. The van der Waals surface area contributed by atoms with E-state index in [0.29, 0.717) is 16.8 Å². The Labute approximate surface area is 166 Å². The third-order valence-corrected chi connectivity index (χ3v) is 3.78. The monoisotopic (exact) mass is 393 g/mol. The molecule has 0 atom stereocenters. The van der Waals surface area contributed by atoms with Crippen molar-refractivity contribution in [2.24, 2.45) is 0 Å². The minimum atomic E-state index is -0.467. The molecule has 29 heavy (non-hydrogen) atoms. The van der Waals surface area contributed by atoms with Gasteiger partial charge in [0, 0.05) is 12.4 Å². The Kier molecular flexibility index (Phi) is 6.15. The van der Waals surface area contributed by atoms with Crippen molar-refractivity contribution in [2.75, 3.05) is 23.1 Å². The van der Waals surface area contributed by atoms with Gasteiger partial charge in [-0.1, -0.05) is 12.1 Å². The number of hydrogen-bond acceptors (Lipinski definition) is 9. The third-order valence-electron chi connectivity index (χ3n) is 3.78. The van der Waals surface area contributed by atoms with Crippen molar-refractivity contribution in [1.29, 1.82) is 0 Å². The summed E-state index contributed by atoms with van der Waals surface area (Å²) >= 11 is 0. The van der Waals surface area contributed by atoms with Gasteiger partial charge in [-0.2, -0.15) is 0 Å². The highest BCUT2D eigenvalue weighted by Gasteiger charge is 2.15. The molecule has 0 fully saturated rings. The van der Waals surface area contributed by atoms with Crippen molar-refractivity contribution in [3.8, 4) is 0 Å². The lowest BCUT2D eigenvalue weighted by molar-refractivity contribution is 0.0527. The van der Waals surface area contributed by atoms with Crippen LogP contribution in [0.15, 0.2) is 55.1 Å². The van der Waals surface area contributed by atoms with Crippen LogP contribution >= 0.6 is 0 Å². The number of amides is 1. The Bertz CT molecular complexity index is 1010. The van der Waals surface area contributed by atoms with Crippen molar-refractivity contribution in [1.82, 2.24) is 20.4 Å². The number of benzene rings is 1. The molecule has 0 aliphatic rings. The van der Waals surface area contributed by atoms with E-state index in [4.69, 9.17) is 10.5 Å². The SMILES string of the molecule is CCOC(=O)c1ccccc1Nc1ncnc(NNC(=O)c2cccnc2)c1N. The number of para-hydroxylation sites is 1. The summed E-state index contributed by atoms with van der Waals surface area (Å²) in [5, 5.41) is 3.00. The van der Waals surface area contributed by atoms with Gasteiger partial charge in [-0.15, -0.1) is 0 Å². The summed E-state index contributed by atoms with van der Waals surface area (Å²) in [6, 6.07) is 10.1. The van der Waals surface area contributed by atoms with E-state index in [9.17, 15) is 9.59 Å². The van der Waals surface area contributed by atoms with E-state index in [2.05, 4.69) is 31.1 Å². The van der Waals surface area contributed by atoms with Crippen LogP contribution in [0.4, 0.5) is 23.0 Å². The van der Waals surface area contributed by atoms with Crippen LogP contribution < -0.4 is 21.9 Å². The molecule has 3 aromatic rings. The number of hydrogen-bond donors (Lipinski definition) is 4. The van der Waals surface area contributed by atoms with Crippen molar-refractivity contribution in [3.05, 3.63) is 66.2 Å². The average molecular weight is 393 g/mol. The quantitative estimate of drug-likeness (QED) is 0.350. The number of nitrogens with one attached hydrogen (secondary N) is 3. The highest BCUT2D eigenvalue weighted by Crippen LogP contribution is 2.27. The first kappa shape index (κ1) is 19.5. The first-order valence-electron chi connectivity index (χ1n) is 8.70. The van der Waals surface area contributed by atoms with E-state index in [1.54, 1.807) is 49.5 Å². The van der Waals surface area contributed by atoms with E-state index < -0.39 is 11.9 Å². The first-order chi connectivity index (χ1) is 14.1. The van der Waals surface area contributed by atoms with E-state index in [1.807, 2.05) is 0 Å². The number of anilines is 4. The molecule has 0 saturated carbocycles. The van der Waals surface area contributed by atoms with Crippen molar-refractivity contribution >= 4 is 34.9 Å². The largest absolute Gasteiger partial charge is 0.462 e. The minimum Gasteiger partial charge on any atom is -0.462 e. The fraction of sp³-hybridized carbons (Fsp3) is 0.105. The van der Waals surface area contributed by atoms with E-state index in [0.717, 1.165) is 0 Å². The van der Waals surface area contributed by atoms with Crippen LogP contribution in [0.1, 0.15) is 27.6 Å². The van der Waals surface area contributed by atoms with Crippen LogP contribution in [-0.4, -0.2) is 33.4 Å². The zero-order chi connectivity index (χ0) is 20.6. The fourth-order valence-electron chi connectivity index (χ4n) is 2.39. The number of nitrogens with zero attached hydrogens (tertiary/aromatic N) is 3. The van der Waals surface area contributed by atoms with E-state index in [-0.39, 0.29) is 23.9 Å². The maximum absolute atomic E-state index is 12.1. The summed E-state index contributed by atoms with van der Waals surface area (Å²) in [5.74, 6) is -0.424. The van der Waals surface area contributed by atoms with Gasteiger partial charge in [0.05, 0.1) is 23.4 Å². The fourth-order valence-corrected chi connectivity index (χ4v) is 2.39. The van der Waals surface area contributed by atoms with Crippen molar-refractivity contribution < 1.29 is 14.3 Å². The molecule has 5 N–H and O–H groups in total. The second-order valence-electron chi connectivity index (χ2n) is 5.70. The number of ether oxygens (including phenoxy) is 1. The molecule has 1 aromatic carbocycles. The van der Waals surface area contributed by atoms with Crippen LogP contribution in [0.2, 0.25) is 0 Å². The normalized spacial score (nSPS) is 10.1. The molecule has 0 unspecified atom stereocenters. The van der Waals surface area contributed by atoms with Crippen LogP contribution in [-0.2, 0) is 4.74 Å². The highest BCUT2D eigenvalue weighted by molar-refractivity contribution is 5.97. The molecule has 10 heteroatoms. The number of pyridine rings is 1. The van der Waals surface area contributed by atoms with Crippen molar-refractivity contribution in [3.63, 3.8) is 0 Å². The van der Waals surface area contributed by atoms with Gasteiger partial charge in [0.15, 0.2) is 11.6 Å². The zero-order valence-corrected chi connectivity index (χ0v) is 15.5. The maximum atomic E-state index is 12.1. The van der Waals surface area contributed by atoms with Crippen LogP contribution in [0.5, 0.6) is 0 Å². The molecular weight excluding hydrogens is 374 g/mol. The van der Waals surface area contributed by atoms with Gasteiger partial charge in [-0.3, -0.25) is 20.6 Å². The number of rotatable bonds is 7. The smallest absolute Gasteiger partial charge is 0.340 e. The van der Waals surface area contributed by atoms with Crippen molar-refractivity contribution in [2.45, 2.75) is 6.92 Å². The molecule has 1 amide bonds. The summed E-state index contributed by atoms with van der Waals surface area (Å²) in [4.78, 5) is 36.3. The molecule has 0 aliphatic heterocycles. The lowest BCUT2D eigenvalue weighted by Crippen LogP contribution is -2.30. The summed E-state index contributed by atoms with van der Waals surface area (Å²) in [6.07, 6.45) is 4.27. The van der Waals surface area contributed by atoms with Gasteiger partial charge in [0.1, 0.15) is 12.0 Å². The highest BCUT2D eigenvalue weighted by atomic mass is 16.5. The lowest BCUT2D eigenvalue weighted by atomic mass is 10.2. The van der Waals surface area contributed by atoms with E-state index in [1.165, 1.54) is 12.5 Å². The number of nitrogens with two attached hydrogens (primary N) is 1. The Morgan fingerprint density at radius 2 is 1.90 bits per heavy atom. The molecule has 10 nitrogen and oxygen atoms in total. The molecule has 0 saturated heterocycles. The molecule has 0 aliphatic carbocycles. The molecule has 2 aromatic heterocycles. The van der Waals surface area contributed by atoms with E-state index >= 15 is 0 Å². The summed E-state index contributed by atoms with van der Waals surface area (Å²) in [7, 11) is 0. The number of esters is 1. The van der Waals surface area contributed by atoms with Gasteiger partial charge in [-0.05, 0) is 31.2 Å². The Balaban J connectivity index is 1.76. The summed E-state index contributed by atoms with van der Waals surface area (Å²) in [5.41, 5.74) is 12.6. The molecule has 148 valence electrons. The number of nitrogen functional groups attached to an aromatic ring is 1. The summed E-state index contributed by atoms with van der Waals surface area (Å²) in [6.45, 7) is 1.99. The molecule has 2 heterocycles. The number of aromatic nitrogens is 3. The predicted molar refractivity (Wildman–Crippen MR) is 107 cm³/mol. The average Bonchev–Trinajstić information content (AvgIpc) is 2.75. The second kappa shape index (κ2) is 9.13. The maximum Gasteiger partial charge on any atom is 0.340 e. The number of carbonyl (C=O) groups excluding carboxylic acids is 2. The Hall–Kier alpha value is -4.21. The molecular formula is C19H19N7O3. The van der Waals surface area contributed by atoms with Gasteiger partial charge in [-0.25, -0.2) is 14.8 Å². The predicted octanol–water partition coefficient (Wildman–Crippen LogP) is 2.13. The number of hydrazine groups is 1. The minimum absolute atomic E-state index is 0.151. The molecule has 0 spiro atoms. The second-order valence-corrected chi connectivity index (χ2v) is 5.70. The Morgan fingerprint density at radius 3 is 2.66 bits per heavy atom. The number of carbonyl (C=O) groups is 2. The van der Waals surface area contributed by atoms with Gasteiger partial charge < -0.3 is 15.8 Å². The van der Waals surface area contributed by atoms with Gasteiger partial charge in [0.2, 0.25) is 0 Å². The summed E-state index contributed by atoms with van der Waals surface area (Å²) < 4.78 is 5.06. The van der Waals surface area contributed by atoms with Crippen LogP contribution in [0.25, 0.3) is 0 Å². The lowest BCUT2D eigenvalue weighted by Gasteiger charge is -2.14.